The molecule has 0 aromatic heterocycles. The molecule has 33 heavy (non-hydrogen) atoms. The summed E-state index contributed by atoms with van der Waals surface area (Å²) >= 11 is 0. The highest BCUT2D eigenvalue weighted by molar-refractivity contribution is 5.32. The zero-order valence-corrected chi connectivity index (χ0v) is 19.2. The van der Waals surface area contributed by atoms with Crippen molar-refractivity contribution in [1.82, 2.24) is 4.90 Å². The Hall–Kier alpha value is -2.76. The second-order valence-corrected chi connectivity index (χ2v) is 8.88. The van der Waals surface area contributed by atoms with Crippen molar-refractivity contribution in [3.8, 4) is 5.75 Å². The third kappa shape index (κ3) is 6.40. The number of hydrogen-bond acceptors (Lipinski definition) is 3. The molecule has 1 aliphatic rings. The summed E-state index contributed by atoms with van der Waals surface area (Å²) in [5.74, 6) is 0.821. The van der Waals surface area contributed by atoms with Crippen LogP contribution in [0.3, 0.4) is 0 Å². The lowest BCUT2D eigenvalue weighted by atomic mass is 9.98. The van der Waals surface area contributed by atoms with Crippen molar-refractivity contribution in [3.63, 3.8) is 0 Å². The molecule has 0 bridgehead atoms. The Labute approximate surface area is 195 Å². The molecule has 4 rings (SSSR count). The summed E-state index contributed by atoms with van der Waals surface area (Å²) in [5, 5.41) is 0. The molecule has 0 N–H and O–H groups in total. The lowest BCUT2D eigenvalue weighted by Gasteiger charge is -2.22. The van der Waals surface area contributed by atoms with Gasteiger partial charge in [0.1, 0.15) is 23.5 Å². The minimum Gasteiger partial charge on any atom is -0.491 e. The van der Waals surface area contributed by atoms with E-state index in [2.05, 4.69) is 23.1 Å². The van der Waals surface area contributed by atoms with Gasteiger partial charge in [-0.3, -0.25) is 0 Å². The van der Waals surface area contributed by atoms with Gasteiger partial charge in [0.25, 0.3) is 0 Å². The largest absolute Gasteiger partial charge is 0.491 e. The first-order valence-electron chi connectivity index (χ1n) is 11.6. The maximum Gasteiger partial charge on any atom is 0.123 e. The first-order valence-corrected chi connectivity index (χ1v) is 11.6. The number of hydrogen-bond donors (Lipinski definition) is 0. The molecule has 3 nitrogen and oxygen atoms in total. The van der Waals surface area contributed by atoms with Gasteiger partial charge in [-0.15, -0.1) is 0 Å². The first kappa shape index (κ1) is 23.4. The molecule has 174 valence electrons. The Morgan fingerprint density at radius 3 is 2.15 bits per heavy atom. The molecule has 0 amide bonds. The summed E-state index contributed by atoms with van der Waals surface area (Å²) in [6, 6.07) is 21.0. The molecular formula is C28H31F2NO2. The summed E-state index contributed by atoms with van der Waals surface area (Å²) in [7, 11) is 0. The SMILES string of the molecule is CC(C)Oc1cccc(C2CCN(CCOC(c3ccc(F)cc3)c3ccc(F)cc3)C2)c1. The summed E-state index contributed by atoms with van der Waals surface area (Å²) < 4.78 is 38.9. The van der Waals surface area contributed by atoms with E-state index >= 15 is 0 Å². The molecular weight excluding hydrogens is 420 g/mol. The van der Waals surface area contributed by atoms with Crippen LogP contribution in [0.2, 0.25) is 0 Å². The fourth-order valence-corrected chi connectivity index (χ4v) is 4.38. The van der Waals surface area contributed by atoms with Crippen LogP contribution in [0.15, 0.2) is 72.8 Å². The minimum atomic E-state index is -0.366. The van der Waals surface area contributed by atoms with Gasteiger partial charge in [-0.2, -0.15) is 0 Å². The molecule has 1 atom stereocenters. The van der Waals surface area contributed by atoms with E-state index in [9.17, 15) is 8.78 Å². The average molecular weight is 452 g/mol. The molecule has 1 saturated heterocycles. The fourth-order valence-electron chi connectivity index (χ4n) is 4.38. The van der Waals surface area contributed by atoms with Gasteiger partial charge in [-0.05, 0) is 85.8 Å². The van der Waals surface area contributed by atoms with Crippen LogP contribution in [0.25, 0.3) is 0 Å². The second kappa shape index (κ2) is 10.9. The van der Waals surface area contributed by atoms with Crippen molar-refractivity contribution in [2.45, 2.75) is 38.4 Å². The number of ether oxygens (including phenoxy) is 2. The average Bonchev–Trinajstić information content (AvgIpc) is 3.27. The Balaban J connectivity index is 1.36. The lowest BCUT2D eigenvalue weighted by Crippen LogP contribution is -2.26. The molecule has 3 aromatic rings. The molecule has 0 spiro atoms. The Kier molecular flexibility index (Phi) is 7.73. The van der Waals surface area contributed by atoms with Crippen LogP contribution in [0, 0.1) is 11.6 Å². The van der Waals surface area contributed by atoms with Gasteiger partial charge in [0.15, 0.2) is 0 Å². The van der Waals surface area contributed by atoms with Crippen LogP contribution in [0.5, 0.6) is 5.75 Å². The maximum absolute atomic E-state index is 13.4. The third-order valence-electron chi connectivity index (χ3n) is 6.01. The van der Waals surface area contributed by atoms with E-state index in [-0.39, 0.29) is 23.8 Å². The minimum absolute atomic E-state index is 0.160. The summed E-state index contributed by atoms with van der Waals surface area (Å²) in [6.07, 6.45) is 0.895. The van der Waals surface area contributed by atoms with Crippen LogP contribution >= 0.6 is 0 Å². The van der Waals surface area contributed by atoms with Crippen LogP contribution in [0.4, 0.5) is 8.78 Å². The first-order chi connectivity index (χ1) is 16.0. The molecule has 1 fully saturated rings. The van der Waals surface area contributed by atoms with Gasteiger partial charge in [0.05, 0.1) is 12.7 Å². The Morgan fingerprint density at radius 2 is 1.55 bits per heavy atom. The van der Waals surface area contributed by atoms with E-state index < -0.39 is 0 Å². The lowest BCUT2D eigenvalue weighted by molar-refractivity contribution is 0.0641. The number of halogens is 2. The van der Waals surface area contributed by atoms with Gasteiger partial charge in [-0.25, -0.2) is 8.78 Å². The number of rotatable bonds is 9. The van der Waals surface area contributed by atoms with E-state index in [1.165, 1.54) is 29.8 Å². The quantitative estimate of drug-likeness (QED) is 0.379. The summed E-state index contributed by atoms with van der Waals surface area (Å²) in [6.45, 7) is 7.40. The maximum atomic E-state index is 13.4. The van der Waals surface area contributed by atoms with Crippen molar-refractivity contribution >= 4 is 0 Å². The number of benzene rings is 3. The van der Waals surface area contributed by atoms with E-state index in [0.717, 1.165) is 42.9 Å². The van der Waals surface area contributed by atoms with E-state index in [4.69, 9.17) is 9.47 Å². The standard InChI is InChI=1S/C28H31F2NO2/c1-20(2)33-27-5-3-4-23(18-27)24-14-15-31(19-24)16-17-32-28(21-6-10-25(29)11-7-21)22-8-12-26(30)13-9-22/h3-13,18,20,24,28H,14-17,19H2,1-2H3. The van der Waals surface area contributed by atoms with Gasteiger partial charge in [0.2, 0.25) is 0 Å². The molecule has 0 radical (unpaired) electrons. The predicted octanol–water partition coefficient (Wildman–Crippen LogP) is 6.35. The number of nitrogens with zero attached hydrogens (tertiary/aromatic N) is 1. The van der Waals surface area contributed by atoms with Crippen molar-refractivity contribution < 1.29 is 18.3 Å². The van der Waals surface area contributed by atoms with Gasteiger partial charge < -0.3 is 14.4 Å². The predicted molar refractivity (Wildman–Crippen MR) is 127 cm³/mol. The highest BCUT2D eigenvalue weighted by Gasteiger charge is 2.24. The second-order valence-electron chi connectivity index (χ2n) is 8.88. The molecule has 0 saturated carbocycles. The van der Waals surface area contributed by atoms with Gasteiger partial charge in [-0.1, -0.05) is 36.4 Å². The van der Waals surface area contributed by atoms with Crippen molar-refractivity contribution in [3.05, 3.63) is 101 Å². The van der Waals surface area contributed by atoms with E-state index in [1.807, 2.05) is 19.9 Å². The van der Waals surface area contributed by atoms with Crippen molar-refractivity contribution in [1.29, 1.82) is 0 Å². The Bertz CT molecular complexity index is 975. The number of likely N-dealkylation sites (tertiary alicyclic amines) is 1. The zero-order chi connectivity index (χ0) is 23.2. The topological polar surface area (TPSA) is 21.7 Å². The van der Waals surface area contributed by atoms with E-state index in [0.29, 0.717) is 12.5 Å². The molecule has 1 aliphatic heterocycles. The summed E-state index contributed by atoms with van der Waals surface area (Å²) in [4.78, 5) is 2.41. The third-order valence-corrected chi connectivity index (χ3v) is 6.01. The highest BCUT2D eigenvalue weighted by atomic mass is 19.1. The van der Waals surface area contributed by atoms with Crippen molar-refractivity contribution in [2.75, 3.05) is 26.2 Å². The van der Waals surface area contributed by atoms with Crippen LogP contribution in [-0.2, 0) is 4.74 Å². The molecule has 3 aromatic carbocycles. The monoisotopic (exact) mass is 451 g/mol. The molecule has 5 heteroatoms. The van der Waals surface area contributed by atoms with Gasteiger partial charge in [0, 0.05) is 13.1 Å². The Morgan fingerprint density at radius 1 is 0.909 bits per heavy atom. The smallest absolute Gasteiger partial charge is 0.123 e. The summed E-state index contributed by atoms with van der Waals surface area (Å²) in [5.41, 5.74) is 3.01. The van der Waals surface area contributed by atoms with Gasteiger partial charge >= 0.3 is 0 Å². The van der Waals surface area contributed by atoms with Crippen LogP contribution in [-0.4, -0.2) is 37.2 Å². The van der Waals surface area contributed by atoms with E-state index in [1.54, 1.807) is 24.3 Å². The highest BCUT2D eigenvalue weighted by Crippen LogP contribution is 2.30. The van der Waals surface area contributed by atoms with Crippen LogP contribution in [0.1, 0.15) is 49.0 Å². The molecule has 1 unspecified atom stereocenters. The van der Waals surface area contributed by atoms with Crippen LogP contribution < -0.4 is 4.74 Å². The molecule has 1 heterocycles. The normalized spacial score (nSPS) is 16.6. The molecule has 0 aliphatic carbocycles. The van der Waals surface area contributed by atoms with Crippen molar-refractivity contribution in [2.24, 2.45) is 0 Å². The zero-order valence-electron chi connectivity index (χ0n) is 19.2. The fraction of sp³-hybridized carbons (Fsp3) is 0.357.